The molecule has 1 aromatic rings. The van der Waals surface area contributed by atoms with E-state index < -0.39 is 5.60 Å². The van der Waals surface area contributed by atoms with Gasteiger partial charge in [0.25, 0.3) is 0 Å². The summed E-state index contributed by atoms with van der Waals surface area (Å²) in [6, 6.07) is 1.81. The van der Waals surface area contributed by atoms with Gasteiger partial charge in [0.15, 0.2) is 0 Å². The number of aryl methyl sites for hydroxylation is 1. The third kappa shape index (κ3) is 6.20. The summed E-state index contributed by atoms with van der Waals surface area (Å²) in [5.41, 5.74) is 0.0947. The van der Waals surface area contributed by atoms with Gasteiger partial charge in [-0.3, -0.25) is 4.79 Å². The van der Waals surface area contributed by atoms with Crippen LogP contribution in [0.2, 0.25) is 0 Å². The molecule has 0 radical (unpaired) electrons. The molecule has 8 nitrogen and oxygen atoms in total. The zero-order valence-electron chi connectivity index (χ0n) is 20.0. The minimum atomic E-state index is -0.531. The zero-order chi connectivity index (χ0) is 22.9. The summed E-state index contributed by atoms with van der Waals surface area (Å²) in [7, 11) is 0. The molecule has 170 valence electrons. The molecule has 1 saturated heterocycles. The lowest BCUT2D eigenvalue weighted by Crippen LogP contribution is -2.59. The summed E-state index contributed by atoms with van der Waals surface area (Å²) >= 11 is 0. The van der Waals surface area contributed by atoms with Crippen molar-refractivity contribution < 1.29 is 14.3 Å². The quantitative estimate of drug-likeness (QED) is 0.777. The number of rotatable bonds is 4. The summed E-state index contributed by atoms with van der Waals surface area (Å²) in [5, 5.41) is 10.8. The van der Waals surface area contributed by atoms with Crippen molar-refractivity contribution in [2.24, 2.45) is 5.92 Å². The maximum absolute atomic E-state index is 12.6. The lowest BCUT2D eigenvalue weighted by atomic mass is 9.87. The highest BCUT2D eigenvalue weighted by Gasteiger charge is 2.37. The van der Waals surface area contributed by atoms with Crippen LogP contribution in [0.25, 0.3) is 0 Å². The second kappa shape index (κ2) is 8.96. The van der Waals surface area contributed by atoms with Gasteiger partial charge < -0.3 is 20.3 Å². The molecular weight excluding hydrogens is 382 g/mol. The Hall–Kier alpha value is -2.09. The average molecular weight is 422 g/mol. The van der Waals surface area contributed by atoms with E-state index in [-0.39, 0.29) is 36.2 Å². The second-order valence-corrected chi connectivity index (χ2v) is 10.4. The number of nitrogens with one attached hydrogen (secondary N) is 2. The first-order valence-corrected chi connectivity index (χ1v) is 10.8. The van der Waals surface area contributed by atoms with E-state index in [0.29, 0.717) is 18.3 Å². The van der Waals surface area contributed by atoms with Crippen molar-refractivity contribution in [1.82, 2.24) is 20.0 Å². The van der Waals surface area contributed by atoms with E-state index >= 15 is 0 Å². The van der Waals surface area contributed by atoms with Crippen molar-refractivity contribution in [3.05, 3.63) is 11.8 Å². The van der Waals surface area contributed by atoms with Crippen LogP contribution in [0.1, 0.15) is 67.5 Å². The van der Waals surface area contributed by atoms with E-state index in [1.165, 1.54) is 0 Å². The molecular formula is C22H39N5O3. The summed E-state index contributed by atoms with van der Waals surface area (Å²) in [6.07, 6.45) is 0.557. The first kappa shape index (κ1) is 24.2. The van der Waals surface area contributed by atoms with Gasteiger partial charge >= 0.3 is 6.09 Å². The molecule has 8 heteroatoms. The number of amides is 2. The Labute approximate surface area is 180 Å². The molecule has 30 heavy (non-hydrogen) atoms. The Kier molecular flexibility index (Phi) is 7.22. The van der Waals surface area contributed by atoms with Crippen molar-refractivity contribution in [1.29, 1.82) is 0 Å². The molecule has 2 amide bonds. The van der Waals surface area contributed by atoms with Crippen LogP contribution in [0, 0.1) is 12.8 Å². The van der Waals surface area contributed by atoms with Crippen LogP contribution in [0.3, 0.4) is 0 Å². The van der Waals surface area contributed by atoms with Crippen molar-refractivity contribution in [3.8, 4) is 0 Å². The molecule has 3 atom stereocenters. The molecule has 0 aliphatic carbocycles. The molecule has 1 aromatic heterocycles. The minimum Gasteiger partial charge on any atom is -0.444 e. The average Bonchev–Trinajstić information content (AvgIpc) is 2.93. The third-order valence-corrected chi connectivity index (χ3v) is 5.31. The van der Waals surface area contributed by atoms with Gasteiger partial charge in [0, 0.05) is 24.7 Å². The molecule has 2 N–H and O–H groups in total. The van der Waals surface area contributed by atoms with Crippen molar-refractivity contribution >= 4 is 17.8 Å². The monoisotopic (exact) mass is 421 g/mol. The number of carbonyl (C=O) groups is 2. The maximum atomic E-state index is 12.6. The summed E-state index contributed by atoms with van der Waals surface area (Å²) in [6.45, 7) is 18.6. The highest BCUT2D eigenvalue weighted by atomic mass is 16.6. The fraction of sp³-hybridized carbons (Fsp3) is 0.773. The predicted molar refractivity (Wildman–Crippen MR) is 119 cm³/mol. The SMILES string of the molecule is Cc1cc(NC(=O)CN[C@@H]2[C@H](C)CCN(C(=O)OC(C)(C)C)[C@@H]2C)n(C(C)(C)C)n1. The summed E-state index contributed by atoms with van der Waals surface area (Å²) in [5.74, 6) is 0.898. The highest BCUT2D eigenvalue weighted by Crippen LogP contribution is 2.25. The van der Waals surface area contributed by atoms with Crippen LogP contribution < -0.4 is 10.6 Å². The fourth-order valence-corrected chi connectivity index (χ4v) is 3.84. The lowest BCUT2D eigenvalue weighted by molar-refractivity contribution is -0.115. The van der Waals surface area contributed by atoms with Gasteiger partial charge in [0.1, 0.15) is 11.4 Å². The number of carbonyl (C=O) groups excluding carboxylic acids is 2. The Morgan fingerprint density at radius 3 is 2.40 bits per heavy atom. The third-order valence-electron chi connectivity index (χ3n) is 5.31. The Balaban J connectivity index is 2.00. The first-order chi connectivity index (χ1) is 13.7. The molecule has 0 spiro atoms. The van der Waals surface area contributed by atoms with Gasteiger partial charge in [-0.2, -0.15) is 5.10 Å². The molecule has 1 aliphatic heterocycles. The van der Waals surface area contributed by atoms with E-state index in [2.05, 4.69) is 22.7 Å². The minimum absolute atomic E-state index is 0.00582. The van der Waals surface area contributed by atoms with Gasteiger partial charge in [-0.15, -0.1) is 0 Å². The molecule has 0 saturated carbocycles. The van der Waals surface area contributed by atoms with Crippen molar-refractivity contribution in [2.45, 2.75) is 92.0 Å². The summed E-state index contributed by atoms with van der Waals surface area (Å²) in [4.78, 5) is 27.0. The van der Waals surface area contributed by atoms with Crippen LogP contribution in [0.5, 0.6) is 0 Å². The molecule has 0 bridgehead atoms. The number of anilines is 1. The number of hydrogen-bond acceptors (Lipinski definition) is 5. The predicted octanol–water partition coefficient (Wildman–Crippen LogP) is 3.51. The van der Waals surface area contributed by atoms with Crippen LogP contribution in [-0.4, -0.2) is 57.5 Å². The maximum Gasteiger partial charge on any atom is 0.410 e. The van der Waals surface area contributed by atoms with E-state index in [1.807, 2.05) is 66.1 Å². The lowest BCUT2D eigenvalue weighted by Gasteiger charge is -2.43. The van der Waals surface area contributed by atoms with E-state index in [4.69, 9.17) is 4.74 Å². The van der Waals surface area contributed by atoms with Crippen LogP contribution in [-0.2, 0) is 15.1 Å². The molecule has 1 fully saturated rings. The van der Waals surface area contributed by atoms with Crippen molar-refractivity contribution in [2.75, 3.05) is 18.4 Å². The van der Waals surface area contributed by atoms with Gasteiger partial charge in [0.05, 0.1) is 17.8 Å². The van der Waals surface area contributed by atoms with Gasteiger partial charge in [0.2, 0.25) is 5.91 Å². The van der Waals surface area contributed by atoms with Gasteiger partial charge in [-0.05, 0) is 67.7 Å². The number of likely N-dealkylation sites (tertiary alicyclic amines) is 1. The largest absolute Gasteiger partial charge is 0.444 e. The fourth-order valence-electron chi connectivity index (χ4n) is 3.84. The number of hydrogen-bond donors (Lipinski definition) is 2. The van der Waals surface area contributed by atoms with E-state index in [1.54, 1.807) is 4.90 Å². The topological polar surface area (TPSA) is 88.5 Å². The van der Waals surface area contributed by atoms with Crippen molar-refractivity contribution in [3.63, 3.8) is 0 Å². The number of aromatic nitrogens is 2. The Bertz CT molecular complexity index is 760. The second-order valence-electron chi connectivity index (χ2n) is 10.4. The van der Waals surface area contributed by atoms with Crippen LogP contribution in [0.15, 0.2) is 6.07 Å². The van der Waals surface area contributed by atoms with Crippen LogP contribution >= 0.6 is 0 Å². The Morgan fingerprint density at radius 2 is 1.83 bits per heavy atom. The zero-order valence-corrected chi connectivity index (χ0v) is 20.0. The van der Waals surface area contributed by atoms with Crippen LogP contribution in [0.4, 0.5) is 10.6 Å². The normalized spacial score (nSPS) is 22.7. The number of ether oxygens (including phenoxy) is 1. The molecule has 1 aliphatic rings. The number of piperidine rings is 1. The summed E-state index contributed by atoms with van der Waals surface area (Å²) < 4.78 is 7.38. The molecule has 0 unspecified atom stereocenters. The van der Waals surface area contributed by atoms with E-state index in [9.17, 15) is 9.59 Å². The van der Waals surface area contributed by atoms with E-state index in [0.717, 1.165) is 12.1 Å². The first-order valence-electron chi connectivity index (χ1n) is 10.8. The molecule has 0 aromatic carbocycles. The molecule has 2 rings (SSSR count). The number of nitrogens with zero attached hydrogens (tertiary/aromatic N) is 3. The molecule has 2 heterocycles. The Morgan fingerprint density at radius 1 is 1.20 bits per heavy atom. The smallest absolute Gasteiger partial charge is 0.410 e. The van der Waals surface area contributed by atoms with Gasteiger partial charge in [-0.25, -0.2) is 9.48 Å². The van der Waals surface area contributed by atoms with Gasteiger partial charge in [-0.1, -0.05) is 6.92 Å². The highest BCUT2D eigenvalue weighted by molar-refractivity contribution is 5.91. The standard InChI is InChI=1S/C22H39N5O3/c1-14-10-11-26(20(29)30-22(7,8)9)16(3)19(14)23-13-18(28)24-17-12-15(2)25-27(17)21(4,5)6/h12,14,16,19,23H,10-11,13H2,1-9H3,(H,24,28)/t14-,16-,19-/m1/s1.